The second-order valence-electron chi connectivity index (χ2n) is 15.8. The van der Waals surface area contributed by atoms with Gasteiger partial charge in [-0.05, 0) is 135 Å². The van der Waals surface area contributed by atoms with Crippen LogP contribution in [-0.4, -0.2) is 7.32 Å². The number of fused-ring (bicyclic) bond motifs is 12. The standard InChI is InChI=1S/C54H36BN3O3/c56-46-22-19-31-13-16-40-25-34-7-1-4-10-37(34)28-43(40)49(31)52(46)59-55(60-53-47(57)23-20-32-14-17-41-26-35-8-2-5-11-38(35)29-44(41)50(32)53)61-54-48(58)24-21-33-15-18-42-27-36-9-3-6-12-39(36)30-45(42)51(33)54/h1-30H,56-58H2. The van der Waals surface area contributed by atoms with Crippen molar-refractivity contribution in [1.29, 1.82) is 0 Å². The zero-order valence-electron chi connectivity index (χ0n) is 32.9. The lowest BCUT2D eigenvalue weighted by atomic mass is 9.96. The molecule has 0 spiro atoms. The Morgan fingerprint density at radius 3 is 0.803 bits per heavy atom. The predicted octanol–water partition coefficient (Wildman–Crippen LogP) is 13.3. The van der Waals surface area contributed by atoms with Crippen LogP contribution in [0.4, 0.5) is 17.1 Å². The maximum absolute atomic E-state index is 7.08. The molecule has 0 amide bonds. The van der Waals surface area contributed by atoms with Crippen molar-refractivity contribution in [2.24, 2.45) is 0 Å². The summed E-state index contributed by atoms with van der Waals surface area (Å²) in [6.45, 7) is 0. The van der Waals surface area contributed by atoms with Crippen molar-refractivity contribution in [2.75, 3.05) is 17.2 Å². The molecule has 0 saturated carbocycles. The fourth-order valence-electron chi connectivity index (χ4n) is 9.21. The van der Waals surface area contributed by atoms with Crippen molar-refractivity contribution in [3.63, 3.8) is 0 Å². The van der Waals surface area contributed by atoms with Crippen LogP contribution in [0, 0.1) is 0 Å². The van der Waals surface area contributed by atoms with Gasteiger partial charge in [0.2, 0.25) is 0 Å². The fraction of sp³-hybridized carbons (Fsp3) is 0. The maximum Gasteiger partial charge on any atom is 0.864 e. The normalized spacial score (nSPS) is 11.8. The molecule has 6 nitrogen and oxygen atoms in total. The molecule has 0 aliphatic rings. The predicted molar refractivity (Wildman–Crippen MR) is 258 cm³/mol. The largest absolute Gasteiger partial charge is 0.864 e. The number of anilines is 3. The van der Waals surface area contributed by atoms with Gasteiger partial charge in [-0.2, -0.15) is 0 Å². The van der Waals surface area contributed by atoms with E-state index in [0.717, 1.165) is 97.0 Å². The minimum atomic E-state index is -1.42. The first-order valence-corrected chi connectivity index (χ1v) is 20.3. The number of benzene rings is 12. The Bertz CT molecular complexity index is 3420. The van der Waals surface area contributed by atoms with Crippen LogP contribution >= 0.6 is 0 Å². The number of hydrogen-bond acceptors (Lipinski definition) is 6. The molecule has 12 rings (SSSR count). The quantitative estimate of drug-likeness (QED) is 0.0671. The minimum absolute atomic E-state index is 0.424. The highest BCUT2D eigenvalue weighted by Gasteiger charge is 2.35. The van der Waals surface area contributed by atoms with Crippen LogP contribution in [0.15, 0.2) is 182 Å². The number of nitrogen functional groups attached to an aromatic ring is 3. The summed E-state index contributed by atoms with van der Waals surface area (Å²) >= 11 is 0. The molecule has 288 valence electrons. The van der Waals surface area contributed by atoms with Crippen LogP contribution in [0.2, 0.25) is 0 Å². The Labute approximate surface area is 350 Å². The van der Waals surface area contributed by atoms with Crippen LogP contribution in [0.1, 0.15) is 0 Å². The summed E-state index contributed by atoms with van der Waals surface area (Å²) in [6, 6.07) is 62.4. The summed E-state index contributed by atoms with van der Waals surface area (Å²) in [7, 11) is -1.42. The molecular weight excluding hydrogens is 749 g/mol. The first-order valence-electron chi connectivity index (χ1n) is 20.3. The van der Waals surface area contributed by atoms with Gasteiger partial charge in [-0.25, -0.2) is 0 Å². The summed E-state index contributed by atoms with van der Waals surface area (Å²) in [6.07, 6.45) is 0. The third-order valence-electron chi connectivity index (χ3n) is 12.2. The second-order valence-corrected chi connectivity index (χ2v) is 15.8. The number of nitrogens with two attached hydrogens (primary N) is 3. The van der Waals surface area contributed by atoms with Gasteiger partial charge in [0, 0.05) is 16.2 Å². The average molecular weight is 786 g/mol. The van der Waals surface area contributed by atoms with Crippen molar-refractivity contribution in [2.45, 2.75) is 0 Å². The van der Waals surface area contributed by atoms with Gasteiger partial charge in [0.15, 0.2) is 0 Å². The molecule has 6 N–H and O–H groups in total. The molecule has 0 fully saturated rings. The summed E-state index contributed by atoms with van der Waals surface area (Å²) in [5.74, 6) is 1.27. The van der Waals surface area contributed by atoms with E-state index < -0.39 is 7.32 Å². The fourth-order valence-corrected chi connectivity index (χ4v) is 9.21. The van der Waals surface area contributed by atoms with Gasteiger partial charge in [0.25, 0.3) is 0 Å². The van der Waals surface area contributed by atoms with Crippen LogP contribution < -0.4 is 31.2 Å². The molecule has 12 aromatic rings. The molecule has 0 aromatic heterocycles. The van der Waals surface area contributed by atoms with Crippen LogP contribution in [0.5, 0.6) is 17.2 Å². The Balaban J connectivity index is 1.10. The zero-order chi connectivity index (χ0) is 40.8. The summed E-state index contributed by atoms with van der Waals surface area (Å²) in [5, 5.41) is 18.2. The molecule has 61 heavy (non-hydrogen) atoms. The van der Waals surface area contributed by atoms with Crippen molar-refractivity contribution >= 4 is 121 Å². The highest BCUT2D eigenvalue weighted by Crippen LogP contribution is 2.44. The summed E-state index contributed by atoms with van der Waals surface area (Å²) in [5.41, 5.74) is 22.1. The molecule has 0 bridgehead atoms. The van der Waals surface area contributed by atoms with E-state index in [0.29, 0.717) is 34.3 Å². The van der Waals surface area contributed by atoms with Crippen molar-refractivity contribution in [1.82, 2.24) is 0 Å². The third kappa shape index (κ3) is 5.66. The van der Waals surface area contributed by atoms with E-state index >= 15 is 0 Å². The first kappa shape index (κ1) is 34.8. The van der Waals surface area contributed by atoms with E-state index in [-0.39, 0.29) is 0 Å². The van der Waals surface area contributed by atoms with Gasteiger partial charge in [-0.3, -0.25) is 0 Å². The van der Waals surface area contributed by atoms with Crippen LogP contribution in [0.25, 0.3) is 97.0 Å². The number of hydrogen-bond donors (Lipinski definition) is 3. The molecule has 0 aliphatic heterocycles. The van der Waals surface area contributed by atoms with Gasteiger partial charge in [-0.15, -0.1) is 0 Å². The van der Waals surface area contributed by atoms with Gasteiger partial charge in [0.1, 0.15) is 17.2 Å². The molecule has 0 aliphatic carbocycles. The smallest absolute Gasteiger partial charge is 0.487 e. The van der Waals surface area contributed by atoms with Gasteiger partial charge in [0.05, 0.1) is 17.1 Å². The van der Waals surface area contributed by atoms with Gasteiger partial charge >= 0.3 is 7.32 Å². The second kappa shape index (κ2) is 13.4. The Morgan fingerprint density at radius 1 is 0.262 bits per heavy atom. The third-order valence-corrected chi connectivity index (χ3v) is 12.2. The summed E-state index contributed by atoms with van der Waals surface area (Å²) < 4.78 is 21.2. The molecule has 0 atom stereocenters. The molecule has 0 heterocycles. The van der Waals surface area contributed by atoms with E-state index in [1.54, 1.807) is 0 Å². The molecule has 0 radical (unpaired) electrons. The molecule has 7 heteroatoms. The molecule has 12 aromatic carbocycles. The van der Waals surface area contributed by atoms with E-state index in [1.165, 1.54) is 0 Å². The topological polar surface area (TPSA) is 106 Å². The Kier molecular flexibility index (Phi) is 7.68. The lowest BCUT2D eigenvalue weighted by molar-refractivity contribution is 0.314. The van der Waals surface area contributed by atoms with E-state index in [4.69, 9.17) is 31.2 Å². The maximum atomic E-state index is 7.08. The Hall–Kier alpha value is -8.16. The van der Waals surface area contributed by atoms with E-state index in [9.17, 15) is 0 Å². The first-order chi connectivity index (χ1) is 29.9. The van der Waals surface area contributed by atoms with Gasteiger partial charge < -0.3 is 31.2 Å². The van der Waals surface area contributed by atoms with E-state index in [1.807, 2.05) is 54.6 Å². The lowest BCUT2D eigenvalue weighted by Crippen LogP contribution is -2.38. The molecular formula is C54H36BN3O3. The van der Waals surface area contributed by atoms with Crippen molar-refractivity contribution < 1.29 is 14.0 Å². The van der Waals surface area contributed by atoms with E-state index in [2.05, 4.69) is 127 Å². The Morgan fingerprint density at radius 2 is 0.508 bits per heavy atom. The van der Waals surface area contributed by atoms with Crippen LogP contribution in [0.3, 0.4) is 0 Å². The summed E-state index contributed by atoms with van der Waals surface area (Å²) in [4.78, 5) is 0. The van der Waals surface area contributed by atoms with Crippen molar-refractivity contribution in [3.8, 4) is 17.2 Å². The zero-order valence-corrected chi connectivity index (χ0v) is 32.9. The lowest BCUT2D eigenvalue weighted by Gasteiger charge is -2.23. The SMILES string of the molecule is Nc1ccc2ccc3cc4ccccc4cc3c2c1OB(Oc1c(N)ccc2ccc3cc4ccccc4cc3c12)Oc1c(N)ccc2ccc3cc4ccccc4cc3c12. The van der Waals surface area contributed by atoms with Crippen LogP contribution in [-0.2, 0) is 0 Å². The monoisotopic (exact) mass is 785 g/mol. The highest BCUT2D eigenvalue weighted by molar-refractivity contribution is 6.42. The van der Waals surface area contributed by atoms with Crippen molar-refractivity contribution in [3.05, 3.63) is 182 Å². The number of rotatable bonds is 6. The minimum Gasteiger partial charge on any atom is -0.487 e. The molecule has 0 unspecified atom stereocenters. The molecule has 0 saturated heterocycles. The highest BCUT2D eigenvalue weighted by atomic mass is 16.7. The average Bonchev–Trinajstić information content (AvgIpc) is 3.29. The van der Waals surface area contributed by atoms with Gasteiger partial charge in [-0.1, -0.05) is 127 Å².